The second-order valence-electron chi connectivity index (χ2n) is 5.12. The molecule has 0 aliphatic rings. The molecule has 0 fully saturated rings. The van der Waals surface area contributed by atoms with E-state index in [1.807, 2.05) is 12.1 Å². The summed E-state index contributed by atoms with van der Waals surface area (Å²) in [5.74, 6) is -0.135. The standard InChI is InChI=1S/C16H18ClN3O3S/c1-13(21)20(12-14-6-8-18-9-7-14)11-10-19-24(22,23)16-5-3-2-4-15(16)17/h2-9,19H,10-12H2,1H3. The summed E-state index contributed by atoms with van der Waals surface area (Å²) in [4.78, 5) is 17.2. The van der Waals surface area contributed by atoms with Crippen LogP contribution in [0.15, 0.2) is 53.7 Å². The maximum atomic E-state index is 12.3. The summed E-state index contributed by atoms with van der Waals surface area (Å²) in [5.41, 5.74) is 0.925. The molecule has 0 aliphatic carbocycles. The van der Waals surface area contributed by atoms with E-state index in [-0.39, 0.29) is 28.9 Å². The molecular formula is C16H18ClN3O3S. The van der Waals surface area contributed by atoms with Crippen molar-refractivity contribution in [2.24, 2.45) is 0 Å². The molecule has 1 N–H and O–H groups in total. The van der Waals surface area contributed by atoms with E-state index in [1.165, 1.54) is 19.1 Å². The fourth-order valence-electron chi connectivity index (χ4n) is 2.11. The van der Waals surface area contributed by atoms with E-state index >= 15 is 0 Å². The lowest BCUT2D eigenvalue weighted by molar-refractivity contribution is -0.129. The van der Waals surface area contributed by atoms with Crippen molar-refractivity contribution in [1.82, 2.24) is 14.6 Å². The molecule has 0 radical (unpaired) electrons. The number of benzene rings is 1. The minimum Gasteiger partial charge on any atom is -0.337 e. The Kier molecular flexibility index (Phi) is 6.30. The first-order valence-electron chi connectivity index (χ1n) is 7.29. The van der Waals surface area contributed by atoms with E-state index in [1.54, 1.807) is 29.4 Å². The van der Waals surface area contributed by atoms with Gasteiger partial charge in [0.25, 0.3) is 0 Å². The highest BCUT2D eigenvalue weighted by Crippen LogP contribution is 2.19. The molecule has 2 rings (SSSR count). The minimum atomic E-state index is -3.72. The van der Waals surface area contributed by atoms with Crippen LogP contribution < -0.4 is 4.72 Å². The van der Waals surface area contributed by atoms with Crippen molar-refractivity contribution in [2.75, 3.05) is 13.1 Å². The van der Waals surface area contributed by atoms with E-state index in [0.717, 1.165) is 5.56 Å². The van der Waals surface area contributed by atoms with Crippen LogP contribution in [-0.2, 0) is 21.4 Å². The molecule has 1 aromatic heterocycles. The molecule has 2 aromatic rings. The molecule has 0 atom stereocenters. The number of hydrogen-bond donors (Lipinski definition) is 1. The van der Waals surface area contributed by atoms with Crippen molar-refractivity contribution in [3.63, 3.8) is 0 Å². The number of halogens is 1. The third-order valence-electron chi connectivity index (χ3n) is 3.37. The van der Waals surface area contributed by atoms with Crippen molar-refractivity contribution < 1.29 is 13.2 Å². The molecule has 0 spiro atoms. The zero-order valence-corrected chi connectivity index (χ0v) is 14.7. The van der Waals surface area contributed by atoms with Crippen molar-refractivity contribution in [1.29, 1.82) is 0 Å². The average molecular weight is 368 g/mol. The second kappa shape index (κ2) is 8.23. The predicted molar refractivity (Wildman–Crippen MR) is 92.0 cm³/mol. The number of nitrogens with zero attached hydrogens (tertiary/aromatic N) is 2. The molecule has 128 valence electrons. The Balaban J connectivity index is 1.98. The van der Waals surface area contributed by atoms with Crippen molar-refractivity contribution in [3.8, 4) is 0 Å². The molecule has 1 aromatic carbocycles. The van der Waals surface area contributed by atoms with Crippen LogP contribution in [0.2, 0.25) is 5.02 Å². The third-order valence-corrected chi connectivity index (χ3v) is 5.33. The summed E-state index contributed by atoms with van der Waals surface area (Å²) < 4.78 is 27.0. The van der Waals surface area contributed by atoms with E-state index < -0.39 is 10.0 Å². The molecule has 0 unspecified atom stereocenters. The summed E-state index contributed by atoms with van der Waals surface area (Å²) in [5, 5.41) is 0.158. The summed E-state index contributed by atoms with van der Waals surface area (Å²) in [6, 6.07) is 9.83. The van der Waals surface area contributed by atoms with Gasteiger partial charge in [-0.2, -0.15) is 0 Å². The van der Waals surface area contributed by atoms with E-state index in [0.29, 0.717) is 6.54 Å². The fourth-order valence-corrected chi connectivity index (χ4v) is 3.65. The molecule has 0 bridgehead atoms. The van der Waals surface area contributed by atoms with Gasteiger partial charge < -0.3 is 4.90 Å². The Labute approximate surface area is 146 Å². The van der Waals surface area contributed by atoms with Gasteiger partial charge in [-0.3, -0.25) is 9.78 Å². The maximum absolute atomic E-state index is 12.3. The van der Waals surface area contributed by atoms with Gasteiger partial charge in [0.1, 0.15) is 4.90 Å². The smallest absolute Gasteiger partial charge is 0.242 e. The van der Waals surface area contributed by atoms with Gasteiger partial charge in [-0.15, -0.1) is 0 Å². The van der Waals surface area contributed by atoms with Gasteiger partial charge in [0.15, 0.2) is 0 Å². The van der Waals surface area contributed by atoms with Gasteiger partial charge in [0.05, 0.1) is 5.02 Å². The van der Waals surface area contributed by atoms with Gasteiger partial charge >= 0.3 is 0 Å². The van der Waals surface area contributed by atoms with Gasteiger partial charge in [-0.25, -0.2) is 13.1 Å². The van der Waals surface area contributed by atoms with Crippen molar-refractivity contribution in [2.45, 2.75) is 18.4 Å². The van der Waals surface area contributed by atoms with Crippen LogP contribution in [0.3, 0.4) is 0 Å². The first-order valence-corrected chi connectivity index (χ1v) is 9.15. The Hall–Kier alpha value is -1.96. The quantitative estimate of drug-likeness (QED) is 0.812. The Morgan fingerprint density at radius 1 is 1.21 bits per heavy atom. The molecule has 6 nitrogen and oxygen atoms in total. The van der Waals surface area contributed by atoms with Gasteiger partial charge in [-0.1, -0.05) is 23.7 Å². The molecule has 0 saturated carbocycles. The van der Waals surface area contributed by atoms with Crippen LogP contribution >= 0.6 is 11.6 Å². The molecule has 24 heavy (non-hydrogen) atoms. The zero-order chi connectivity index (χ0) is 17.6. The van der Waals surface area contributed by atoms with Crippen LogP contribution in [0.5, 0.6) is 0 Å². The Morgan fingerprint density at radius 2 is 1.88 bits per heavy atom. The van der Waals surface area contributed by atoms with Crippen LogP contribution in [0.1, 0.15) is 12.5 Å². The van der Waals surface area contributed by atoms with Crippen LogP contribution in [0, 0.1) is 0 Å². The Morgan fingerprint density at radius 3 is 2.50 bits per heavy atom. The number of rotatable bonds is 7. The summed E-state index contributed by atoms with van der Waals surface area (Å²) in [6.07, 6.45) is 3.29. The number of aromatic nitrogens is 1. The van der Waals surface area contributed by atoms with E-state index in [2.05, 4.69) is 9.71 Å². The number of pyridine rings is 1. The lowest BCUT2D eigenvalue weighted by Gasteiger charge is -2.21. The van der Waals surface area contributed by atoms with Crippen molar-refractivity contribution in [3.05, 3.63) is 59.4 Å². The summed E-state index contributed by atoms with van der Waals surface area (Å²) in [6.45, 7) is 2.19. The van der Waals surface area contributed by atoms with Crippen LogP contribution in [0.4, 0.5) is 0 Å². The number of hydrogen-bond acceptors (Lipinski definition) is 4. The SMILES string of the molecule is CC(=O)N(CCNS(=O)(=O)c1ccccc1Cl)Cc1ccncc1. The number of amides is 1. The molecule has 1 amide bonds. The van der Waals surface area contributed by atoms with E-state index in [4.69, 9.17) is 11.6 Å². The van der Waals surface area contributed by atoms with Crippen LogP contribution in [0.25, 0.3) is 0 Å². The molecule has 0 aliphatic heterocycles. The highest BCUT2D eigenvalue weighted by molar-refractivity contribution is 7.89. The molecular weight excluding hydrogens is 350 g/mol. The zero-order valence-electron chi connectivity index (χ0n) is 13.1. The van der Waals surface area contributed by atoms with Crippen LogP contribution in [-0.4, -0.2) is 37.3 Å². The maximum Gasteiger partial charge on any atom is 0.242 e. The first kappa shape index (κ1) is 18.4. The second-order valence-corrected chi connectivity index (χ2v) is 7.27. The largest absolute Gasteiger partial charge is 0.337 e. The lowest BCUT2D eigenvalue weighted by atomic mass is 10.2. The summed E-state index contributed by atoms with van der Waals surface area (Å²) in [7, 11) is -3.72. The highest BCUT2D eigenvalue weighted by Gasteiger charge is 2.18. The predicted octanol–water partition coefficient (Wildman–Crippen LogP) is 2.06. The van der Waals surface area contributed by atoms with Gasteiger partial charge in [0.2, 0.25) is 15.9 Å². The average Bonchev–Trinajstić information content (AvgIpc) is 2.55. The van der Waals surface area contributed by atoms with Gasteiger partial charge in [0, 0.05) is 39.0 Å². The fraction of sp³-hybridized carbons (Fsp3) is 0.250. The van der Waals surface area contributed by atoms with Crippen molar-refractivity contribution >= 4 is 27.5 Å². The monoisotopic (exact) mass is 367 g/mol. The first-order chi connectivity index (χ1) is 11.4. The molecule has 0 saturated heterocycles. The number of carbonyl (C=O) groups excluding carboxylic acids is 1. The topological polar surface area (TPSA) is 79.4 Å². The normalized spacial score (nSPS) is 11.2. The molecule has 1 heterocycles. The number of sulfonamides is 1. The Bertz CT molecular complexity index is 797. The third kappa shape index (κ3) is 5.02. The minimum absolute atomic E-state index is 0.0233. The highest BCUT2D eigenvalue weighted by atomic mass is 35.5. The lowest BCUT2D eigenvalue weighted by Crippen LogP contribution is -2.37. The number of nitrogens with one attached hydrogen (secondary N) is 1. The number of carbonyl (C=O) groups is 1. The van der Waals surface area contributed by atoms with Gasteiger partial charge in [-0.05, 0) is 29.8 Å². The molecule has 8 heteroatoms. The summed E-state index contributed by atoms with van der Waals surface area (Å²) >= 11 is 5.92. The van der Waals surface area contributed by atoms with E-state index in [9.17, 15) is 13.2 Å².